The molecule has 4 rings (SSSR count). The van der Waals surface area contributed by atoms with Crippen molar-refractivity contribution in [1.82, 2.24) is 3.53 Å². The Hall–Kier alpha value is -2.29. The zero-order chi connectivity index (χ0) is 23.8. The van der Waals surface area contributed by atoms with Crippen LogP contribution in [0.25, 0.3) is 0 Å². The number of ether oxygens (including phenoxy) is 2. The molecule has 1 saturated carbocycles. The van der Waals surface area contributed by atoms with Crippen molar-refractivity contribution in [3.63, 3.8) is 0 Å². The van der Waals surface area contributed by atoms with E-state index >= 15 is 0 Å². The predicted molar refractivity (Wildman–Crippen MR) is 125 cm³/mol. The average Bonchev–Trinajstić information content (AvgIpc) is 3.69. The Morgan fingerprint density at radius 2 is 1.94 bits per heavy atom. The summed E-state index contributed by atoms with van der Waals surface area (Å²) >= 11 is 3.67. The standard InChI is InChI=1S/C23H19ClF3IN2O3/c1-22(28-13-30-28)17(11-19(24)23(25,26)27)20(22)21(31)33-18(12-29)14-6-5-9-16(10-14)32-15-7-3-2-4-8-15/h2-11,17-18,20,30H,13H2,1H3/b19-11-. The van der Waals surface area contributed by atoms with Crippen molar-refractivity contribution in [2.45, 2.75) is 22.6 Å². The number of carbonyl (C=O) groups excluding carboxylic acids is 1. The molecule has 2 aliphatic rings. The van der Waals surface area contributed by atoms with Gasteiger partial charge in [0.15, 0.2) is 0 Å². The number of allylic oxidation sites excluding steroid dienone is 2. The molecule has 4 unspecified atom stereocenters. The van der Waals surface area contributed by atoms with E-state index in [9.17, 15) is 23.2 Å². The van der Waals surface area contributed by atoms with Gasteiger partial charge in [0.1, 0.15) is 0 Å². The molecule has 1 saturated heterocycles. The molecule has 0 bridgehead atoms. The van der Waals surface area contributed by atoms with Crippen LogP contribution in [0.4, 0.5) is 13.2 Å². The number of alkyl halides is 5. The maximum absolute atomic E-state index is 13.0. The van der Waals surface area contributed by atoms with Crippen LogP contribution in [-0.4, -0.2) is 20.1 Å². The van der Waals surface area contributed by atoms with E-state index in [1.54, 1.807) is 43.3 Å². The Morgan fingerprint density at radius 1 is 1.27 bits per heavy atom. The van der Waals surface area contributed by atoms with Gasteiger partial charge in [0.25, 0.3) is 0 Å². The first-order valence-electron chi connectivity index (χ1n) is 9.91. The van der Waals surface area contributed by atoms with Crippen molar-refractivity contribution in [2.75, 3.05) is 4.55 Å². The van der Waals surface area contributed by atoms with E-state index in [4.69, 9.17) is 21.1 Å². The van der Waals surface area contributed by atoms with Gasteiger partial charge in [0.05, 0.1) is 0 Å². The van der Waals surface area contributed by atoms with E-state index in [0.717, 1.165) is 10.6 Å². The molecule has 10 heteroatoms. The summed E-state index contributed by atoms with van der Waals surface area (Å²) in [5.41, 5.74) is 0.408. The van der Waals surface area contributed by atoms with E-state index in [-0.39, 0.29) is 0 Å². The van der Waals surface area contributed by atoms with Crippen LogP contribution in [0, 0.1) is 23.2 Å². The number of halogens is 5. The van der Waals surface area contributed by atoms with Crippen molar-refractivity contribution in [2.24, 2.45) is 11.8 Å². The third kappa shape index (κ3) is 5.13. The van der Waals surface area contributed by atoms with Crippen LogP contribution < -0.4 is 8.27 Å². The van der Waals surface area contributed by atoms with Crippen LogP contribution >= 0.6 is 31.7 Å². The van der Waals surface area contributed by atoms with E-state index in [2.05, 4.69) is 3.53 Å². The number of para-hydroxylation sites is 1. The fraction of sp³-hybridized carbons (Fsp3) is 0.304. The SMILES string of the molecule is CC1(I2CN2)C(/C=C(\Cl)C(F)(F)F)C1C(=O)OC(C#N)c1cccc(Oc2ccccc2)c1. The summed E-state index contributed by atoms with van der Waals surface area (Å²) < 4.78 is 53.4. The van der Waals surface area contributed by atoms with Gasteiger partial charge in [-0.15, -0.1) is 0 Å². The first-order chi connectivity index (χ1) is 15.6. The monoisotopic (exact) mass is 590 g/mol. The third-order valence-electron chi connectivity index (χ3n) is 5.61. The second-order valence-corrected chi connectivity index (χ2v) is 14.1. The second-order valence-electron chi connectivity index (χ2n) is 7.73. The van der Waals surface area contributed by atoms with Gasteiger partial charge < -0.3 is 0 Å². The zero-order valence-corrected chi connectivity index (χ0v) is 20.2. The minimum absolute atomic E-state index is 0.408. The number of benzene rings is 2. The van der Waals surface area contributed by atoms with Crippen molar-refractivity contribution in [3.05, 3.63) is 71.3 Å². The molecular formula is C23H19ClF3IN2O3. The Labute approximate surface area is 201 Å². The molecular weight excluding hydrogens is 572 g/mol. The number of nitrogens with one attached hydrogen (secondary N) is 1. The van der Waals surface area contributed by atoms with Gasteiger partial charge >= 0.3 is 196 Å². The molecule has 5 nitrogen and oxygen atoms in total. The van der Waals surface area contributed by atoms with Crippen LogP contribution in [0.2, 0.25) is 0 Å². The predicted octanol–water partition coefficient (Wildman–Crippen LogP) is 6.26. The Morgan fingerprint density at radius 3 is 2.55 bits per heavy atom. The summed E-state index contributed by atoms with van der Waals surface area (Å²) in [6.07, 6.45) is -4.98. The van der Waals surface area contributed by atoms with Crippen LogP contribution in [0.5, 0.6) is 11.5 Å². The van der Waals surface area contributed by atoms with Gasteiger partial charge in [-0.05, 0) is 0 Å². The summed E-state index contributed by atoms with van der Waals surface area (Å²) in [5.74, 6) is -1.08. The molecule has 1 heterocycles. The summed E-state index contributed by atoms with van der Waals surface area (Å²) in [7, 11) is 0. The summed E-state index contributed by atoms with van der Waals surface area (Å²) in [4.78, 5) is 13.0. The zero-order valence-electron chi connectivity index (χ0n) is 17.3. The number of carbonyl (C=O) groups is 1. The Kier molecular flexibility index (Phi) is 6.62. The van der Waals surface area contributed by atoms with E-state index < -0.39 is 58.6 Å². The number of rotatable bonds is 7. The average molecular weight is 591 g/mol. The summed E-state index contributed by atoms with van der Waals surface area (Å²) in [6, 6.07) is 17.6. The molecule has 1 aliphatic carbocycles. The normalized spacial score (nSPS) is 26.2. The summed E-state index contributed by atoms with van der Waals surface area (Å²) in [5, 5.41) is 8.39. The molecule has 0 aromatic heterocycles. The van der Waals surface area contributed by atoms with Gasteiger partial charge in [0.2, 0.25) is 0 Å². The van der Waals surface area contributed by atoms with E-state index in [0.29, 0.717) is 17.1 Å². The quantitative estimate of drug-likeness (QED) is 0.103. The van der Waals surface area contributed by atoms with Crippen molar-refractivity contribution in [3.8, 4) is 17.6 Å². The van der Waals surface area contributed by atoms with Crippen LogP contribution in [-0.2, 0) is 9.53 Å². The molecule has 0 radical (unpaired) electrons. The van der Waals surface area contributed by atoms with Gasteiger partial charge in [-0.3, -0.25) is 0 Å². The molecule has 1 aliphatic heterocycles. The number of nitrogens with zero attached hydrogens (tertiary/aromatic N) is 1. The summed E-state index contributed by atoms with van der Waals surface area (Å²) in [6.45, 7) is 1.79. The molecule has 0 spiro atoms. The number of hydrogen-bond acceptors (Lipinski definition) is 5. The van der Waals surface area contributed by atoms with Crippen LogP contribution in [0.1, 0.15) is 18.6 Å². The molecule has 2 fully saturated rings. The number of hydrogen-bond donors (Lipinski definition) is 1. The molecule has 0 amide bonds. The Bertz CT molecular complexity index is 1120. The second kappa shape index (κ2) is 9.16. The van der Waals surface area contributed by atoms with Gasteiger partial charge in [0, 0.05) is 0 Å². The third-order valence-corrected chi connectivity index (χ3v) is 11.7. The molecule has 174 valence electrons. The molecule has 4 atom stereocenters. The van der Waals surface area contributed by atoms with Crippen molar-refractivity contribution >= 4 is 37.7 Å². The first kappa shape index (κ1) is 23.9. The fourth-order valence-corrected chi connectivity index (χ4v) is 9.30. The fourth-order valence-electron chi connectivity index (χ4n) is 3.73. The maximum atomic E-state index is 13.0. The van der Waals surface area contributed by atoms with E-state index in [1.165, 1.54) is 0 Å². The number of esters is 1. The molecule has 2 aromatic carbocycles. The van der Waals surface area contributed by atoms with E-state index in [1.807, 2.05) is 24.3 Å². The first-order valence-corrected chi connectivity index (χ1v) is 14.0. The number of nitriles is 1. The van der Waals surface area contributed by atoms with Crippen molar-refractivity contribution in [1.29, 1.82) is 5.26 Å². The molecule has 1 N–H and O–H groups in total. The van der Waals surface area contributed by atoms with Gasteiger partial charge in [-0.2, -0.15) is 0 Å². The van der Waals surface area contributed by atoms with Gasteiger partial charge in [-0.1, -0.05) is 6.07 Å². The van der Waals surface area contributed by atoms with Crippen molar-refractivity contribution < 1.29 is 27.4 Å². The Balaban J connectivity index is 1.50. The van der Waals surface area contributed by atoms with Crippen LogP contribution in [0.3, 0.4) is 0 Å². The molecule has 33 heavy (non-hydrogen) atoms. The topological polar surface area (TPSA) is 81.3 Å². The van der Waals surface area contributed by atoms with Crippen LogP contribution in [0.15, 0.2) is 65.7 Å². The minimum atomic E-state index is -4.67. The van der Waals surface area contributed by atoms with Gasteiger partial charge in [-0.25, -0.2) is 0 Å². The molecule has 2 aromatic rings.